The maximum Gasteiger partial charge on any atom is 0.333 e. The van der Waals surface area contributed by atoms with Crippen molar-refractivity contribution in [1.82, 2.24) is 5.32 Å². The highest BCUT2D eigenvalue weighted by Crippen LogP contribution is 1.92. The van der Waals surface area contributed by atoms with E-state index in [1.165, 1.54) is 0 Å². The first-order valence-corrected chi connectivity index (χ1v) is 5.39. The topological polar surface area (TPSA) is 47.6 Å². The fourth-order valence-electron chi connectivity index (χ4n) is 0.756. The first-order valence-electron chi connectivity index (χ1n) is 4.85. The van der Waals surface area contributed by atoms with Crippen molar-refractivity contribution in [2.75, 3.05) is 32.4 Å². The Balaban J connectivity index is 3.11. The average Bonchev–Trinajstić information content (AvgIpc) is 2.21. The van der Waals surface area contributed by atoms with Gasteiger partial charge in [-0.1, -0.05) is 6.58 Å². The zero-order valence-electron chi connectivity index (χ0n) is 9.05. The first kappa shape index (κ1) is 14.4. The van der Waals surface area contributed by atoms with E-state index in [1.807, 2.05) is 0 Å². The van der Waals surface area contributed by atoms with Crippen LogP contribution in [0.4, 0.5) is 0 Å². The van der Waals surface area contributed by atoms with Crippen molar-refractivity contribution in [3.8, 4) is 0 Å². The lowest BCUT2D eigenvalue weighted by Gasteiger charge is -2.06. The predicted octanol–water partition coefficient (Wildman–Crippen LogP) is 1.30. The van der Waals surface area contributed by atoms with Crippen molar-refractivity contribution in [3.05, 3.63) is 12.2 Å². The summed E-state index contributed by atoms with van der Waals surface area (Å²) in [5.41, 5.74) is 0.424. The molecule has 4 nitrogen and oxygen atoms in total. The van der Waals surface area contributed by atoms with Gasteiger partial charge in [-0.05, 0) is 13.3 Å². The van der Waals surface area contributed by atoms with Crippen LogP contribution in [0.2, 0.25) is 0 Å². The Morgan fingerprint density at radius 2 is 2.20 bits per heavy atom. The van der Waals surface area contributed by atoms with E-state index in [-0.39, 0.29) is 5.97 Å². The zero-order chi connectivity index (χ0) is 11.5. The van der Waals surface area contributed by atoms with Crippen LogP contribution < -0.4 is 5.32 Å². The number of alkyl halides is 1. The number of hydrogen-bond acceptors (Lipinski definition) is 4. The molecular formula is C10H18ClNO3. The van der Waals surface area contributed by atoms with E-state index in [1.54, 1.807) is 6.92 Å². The van der Waals surface area contributed by atoms with Gasteiger partial charge in [-0.2, -0.15) is 0 Å². The van der Waals surface area contributed by atoms with Crippen LogP contribution >= 0.6 is 11.6 Å². The molecule has 0 aliphatic heterocycles. The van der Waals surface area contributed by atoms with Gasteiger partial charge in [-0.15, -0.1) is 11.6 Å². The highest BCUT2D eigenvalue weighted by Gasteiger charge is 2.01. The van der Waals surface area contributed by atoms with Crippen molar-refractivity contribution < 1.29 is 14.3 Å². The molecule has 0 aromatic heterocycles. The van der Waals surface area contributed by atoms with Crippen molar-refractivity contribution in [1.29, 1.82) is 0 Å². The van der Waals surface area contributed by atoms with Crippen molar-refractivity contribution in [2.24, 2.45) is 0 Å². The number of esters is 1. The molecule has 0 atom stereocenters. The lowest BCUT2D eigenvalue weighted by atomic mass is 10.3. The van der Waals surface area contributed by atoms with Crippen LogP contribution in [0.15, 0.2) is 12.2 Å². The average molecular weight is 236 g/mol. The van der Waals surface area contributed by atoms with Gasteiger partial charge < -0.3 is 9.47 Å². The van der Waals surface area contributed by atoms with Crippen molar-refractivity contribution in [3.63, 3.8) is 0 Å². The molecule has 0 aromatic carbocycles. The van der Waals surface area contributed by atoms with Gasteiger partial charge >= 0.3 is 5.97 Å². The molecule has 0 heterocycles. The van der Waals surface area contributed by atoms with E-state index >= 15 is 0 Å². The number of nitrogens with one attached hydrogen (secondary N) is 1. The van der Waals surface area contributed by atoms with E-state index in [0.717, 1.165) is 13.0 Å². The molecule has 0 bridgehead atoms. The molecule has 0 aromatic rings. The fourth-order valence-corrected chi connectivity index (χ4v) is 0.865. The summed E-state index contributed by atoms with van der Waals surface area (Å²) in [6.45, 7) is 7.26. The lowest BCUT2D eigenvalue weighted by molar-refractivity contribution is -0.139. The summed E-state index contributed by atoms with van der Waals surface area (Å²) in [4.78, 5) is 10.9. The van der Waals surface area contributed by atoms with E-state index in [9.17, 15) is 4.79 Å². The van der Waals surface area contributed by atoms with Crippen LogP contribution in [-0.2, 0) is 14.3 Å². The largest absolute Gasteiger partial charge is 0.462 e. The molecule has 15 heavy (non-hydrogen) atoms. The van der Waals surface area contributed by atoms with Crippen molar-refractivity contribution >= 4 is 17.6 Å². The molecule has 1 N–H and O–H groups in total. The van der Waals surface area contributed by atoms with Gasteiger partial charge in [0, 0.05) is 18.0 Å². The van der Waals surface area contributed by atoms with Crippen LogP contribution in [0.5, 0.6) is 0 Å². The molecule has 0 saturated heterocycles. The number of carbonyl (C=O) groups excluding carboxylic acids is 1. The minimum Gasteiger partial charge on any atom is -0.462 e. The van der Waals surface area contributed by atoms with Gasteiger partial charge in [-0.3, -0.25) is 5.32 Å². The Kier molecular flexibility index (Phi) is 9.57. The number of carbonyl (C=O) groups is 1. The van der Waals surface area contributed by atoms with Gasteiger partial charge in [0.15, 0.2) is 0 Å². The van der Waals surface area contributed by atoms with Gasteiger partial charge in [0.05, 0.1) is 19.9 Å². The summed E-state index contributed by atoms with van der Waals surface area (Å²) in [7, 11) is 0. The van der Waals surface area contributed by atoms with Crippen LogP contribution in [0.3, 0.4) is 0 Å². The maximum absolute atomic E-state index is 10.9. The van der Waals surface area contributed by atoms with Crippen LogP contribution in [0.25, 0.3) is 0 Å². The molecule has 0 aliphatic carbocycles. The molecule has 88 valence electrons. The molecule has 0 radical (unpaired) electrons. The number of hydrogen-bond donors (Lipinski definition) is 1. The van der Waals surface area contributed by atoms with E-state index in [4.69, 9.17) is 21.1 Å². The maximum atomic E-state index is 10.9. The van der Waals surface area contributed by atoms with Crippen molar-refractivity contribution in [2.45, 2.75) is 13.3 Å². The molecule has 5 heteroatoms. The first-order chi connectivity index (χ1) is 7.18. The SMILES string of the molecule is C=C(C)C(=O)OCCCNCOCCCl. The molecule has 0 aliphatic rings. The molecule has 0 fully saturated rings. The molecule has 0 amide bonds. The Hall–Kier alpha value is -0.580. The second-order valence-corrected chi connectivity index (χ2v) is 3.39. The predicted molar refractivity (Wildman–Crippen MR) is 59.9 cm³/mol. The van der Waals surface area contributed by atoms with Gasteiger partial charge in [0.2, 0.25) is 0 Å². The van der Waals surface area contributed by atoms with Crippen LogP contribution in [0, 0.1) is 0 Å². The second kappa shape index (κ2) is 9.96. The zero-order valence-corrected chi connectivity index (χ0v) is 9.81. The minimum atomic E-state index is -0.339. The monoisotopic (exact) mass is 235 g/mol. The highest BCUT2D eigenvalue weighted by atomic mass is 35.5. The molecule has 0 spiro atoms. The molecule has 0 saturated carbocycles. The second-order valence-electron chi connectivity index (χ2n) is 3.01. The summed E-state index contributed by atoms with van der Waals surface area (Å²) in [6, 6.07) is 0. The summed E-state index contributed by atoms with van der Waals surface area (Å²) in [6.07, 6.45) is 0.753. The number of halogens is 1. The fraction of sp³-hybridized carbons (Fsp3) is 0.700. The smallest absolute Gasteiger partial charge is 0.333 e. The normalized spacial score (nSPS) is 10.0. The Bertz CT molecular complexity index is 197. The molecule has 0 unspecified atom stereocenters. The minimum absolute atomic E-state index is 0.339. The van der Waals surface area contributed by atoms with Gasteiger partial charge in [0.25, 0.3) is 0 Å². The number of ether oxygens (including phenoxy) is 2. The van der Waals surface area contributed by atoms with Crippen LogP contribution in [0.1, 0.15) is 13.3 Å². The third-order valence-corrected chi connectivity index (χ3v) is 1.66. The standard InChI is InChI=1S/C10H18ClNO3/c1-9(2)10(13)15-6-3-5-12-8-14-7-4-11/h12H,1,3-8H2,2H3. The van der Waals surface area contributed by atoms with E-state index in [0.29, 0.717) is 31.4 Å². The summed E-state index contributed by atoms with van der Waals surface area (Å²) >= 11 is 5.41. The Labute approximate surface area is 95.6 Å². The molecular weight excluding hydrogens is 218 g/mol. The highest BCUT2D eigenvalue weighted by molar-refractivity contribution is 6.17. The summed E-state index contributed by atoms with van der Waals surface area (Å²) in [5, 5.41) is 3.03. The Morgan fingerprint density at radius 1 is 1.47 bits per heavy atom. The van der Waals surface area contributed by atoms with E-state index in [2.05, 4.69) is 11.9 Å². The molecule has 0 rings (SSSR count). The lowest BCUT2D eigenvalue weighted by Crippen LogP contribution is -2.21. The number of rotatable bonds is 9. The van der Waals surface area contributed by atoms with Crippen LogP contribution in [-0.4, -0.2) is 38.3 Å². The third-order valence-electron chi connectivity index (χ3n) is 1.51. The van der Waals surface area contributed by atoms with Gasteiger partial charge in [-0.25, -0.2) is 4.79 Å². The van der Waals surface area contributed by atoms with E-state index < -0.39 is 0 Å². The summed E-state index contributed by atoms with van der Waals surface area (Å²) < 4.78 is 9.97. The third kappa shape index (κ3) is 9.72. The quantitative estimate of drug-likeness (QED) is 0.215. The van der Waals surface area contributed by atoms with Gasteiger partial charge in [0.1, 0.15) is 0 Å². The summed E-state index contributed by atoms with van der Waals surface area (Å²) in [5.74, 6) is 0.158. The Morgan fingerprint density at radius 3 is 2.80 bits per heavy atom.